The molecule has 35 heavy (non-hydrogen) atoms. The van der Waals surface area contributed by atoms with Crippen molar-refractivity contribution in [2.24, 2.45) is 5.73 Å². The Morgan fingerprint density at radius 1 is 1.11 bits per heavy atom. The third-order valence-corrected chi connectivity index (χ3v) is 6.94. The van der Waals surface area contributed by atoms with Crippen LogP contribution < -0.4 is 27.0 Å². The molecule has 1 aromatic heterocycles. The number of hydrogen-bond acceptors (Lipinski definition) is 8. The largest absolute Gasteiger partial charge is 0.366 e. The lowest BCUT2D eigenvalue weighted by molar-refractivity contribution is 0.100. The van der Waals surface area contributed by atoms with Gasteiger partial charge in [0, 0.05) is 40.8 Å². The van der Waals surface area contributed by atoms with Gasteiger partial charge in [0.2, 0.25) is 23.8 Å². The molecule has 2 aromatic carbocycles. The summed E-state index contributed by atoms with van der Waals surface area (Å²) in [5, 5.41) is 14.2. The highest BCUT2D eigenvalue weighted by atomic mass is 35.5. The summed E-state index contributed by atoms with van der Waals surface area (Å²) < 4.78 is 0. The average molecular weight is 493 g/mol. The fourth-order valence-electron chi connectivity index (χ4n) is 4.34. The molecule has 1 aliphatic carbocycles. The van der Waals surface area contributed by atoms with E-state index in [-0.39, 0.29) is 11.5 Å². The molecule has 182 valence electrons. The van der Waals surface area contributed by atoms with Gasteiger partial charge in [-0.1, -0.05) is 29.8 Å². The average Bonchev–Trinajstić information content (AvgIpc) is 3.46. The molecule has 1 amide bonds. The zero-order valence-electron chi connectivity index (χ0n) is 19.6. The highest BCUT2D eigenvalue weighted by Crippen LogP contribution is 2.48. The van der Waals surface area contributed by atoms with Crippen LogP contribution in [-0.4, -0.2) is 46.5 Å². The molecule has 2 heterocycles. The van der Waals surface area contributed by atoms with Crippen LogP contribution in [-0.2, 0) is 5.41 Å². The second-order valence-electron chi connectivity index (χ2n) is 9.30. The van der Waals surface area contributed by atoms with Gasteiger partial charge in [0.15, 0.2) is 0 Å². The zero-order chi connectivity index (χ0) is 24.4. The van der Waals surface area contributed by atoms with Gasteiger partial charge in [-0.15, -0.1) is 0 Å². The first-order chi connectivity index (χ1) is 16.9. The molecular weight excluding hydrogens is 464 g/mol. The van der Waals surface area contributed by atoms with Crippen molar-refractivity contribution in [2.75, 3.05) is 35.6 Å². The summed E-state index contributed by atoms with van der Waals surface area (Å²) in [6, 6.07) is 13.6. The first kappa shape index (κ1) is 23.3. The summed E-state index contributed by atoms with van der Waals surface area (Å²) >= 11 is 6.08. The van der Waals surface area contributed by atoms with Crippen LogP contribution in [0.15, 0.2) is 42.5 Å². The minimum Gasteiger partial charge on any atom is -0.366 e. The van der Waals surface area contributed by atoms with Gasteiger partial charge in [-0.25, -0.2) is 0 Å². The topological polar surface area (TPSA) is 130 Å². The van der Waals surface area contributed by atoms with E-state index in [0.717, 1.165) is 42.9 Å². The number of rotatable bonds is 9. The molecule has 1 aliphatic heterocycles. The van der Waals surface area contributed by atoms with E-state index in [4.69, 9.17) is 17.3 Å². The smallest absolute Gasteiger partial charge is 0.248 e. The van der Waals surface area contributed by atoms with Crippen LogP contribution in [0.25, 0.3) is 0 Å². The first-order valence-corrected chi connectivity index (χ1v) is 12.2. The van der Waals surface area contributed by atoms with Gasteiger partial charge in [-0.3, -0.25) is 4.79 Å². The number of aromatic nitrogens is 3. The van der Waals surface area contributed by atoms with Gasteiger partial charge < -0.3 is 27.0 Å². The number of carbonyl (C=O) groups is 1. The fourth-order valence-corrected chi connectivity index (χ4v) is 4.46. The predicted octanol–water partition coefficient (Wildman–Crippen LogP) is 3.59. The molecule has 2 fully saturated rings. The Morgan fingerprint density at radius 3 is 2.54 bits per heavy atom. The van der Waals surface area contributed by atoms with Gasteiger partial charge >= 0.3 is 0 Å². The molecular formula is C25H29ClN8O. The molecule has 0 bridgehead atoms. The predicted molar refractivity (Wildman–Crippen MR) is 139 cm³/mol. The molecule has 9 nitrogen and oxygen atoms in total. The third-order valence-electron chi connectivity index (χ3n) is 6.69. The molecule has 0 unspecified atom stereocenters. The van der Waals surface area contributed by atoms with E-state index in [1.54, 1.807) is 12.1 Å². The number of aryl methyl sites for hydroxylation is 1. The summed E-state index contributed by atoms with van der Waals surface area (Å²) in [4.78, 5) is 25.5. The fraction of sp³-hybridized carbons (Fsp3) is 0.360. The van der Waals surface area contributed by atoms with Crippen LogP contribution in [0, 0.1) is 6.92 Å². The molecule has 2 aliphatic rings. The number of nitrogens with zero attached hydrogens (tertiary/aromatic N) is 3. The molecule has 3 aromatic rings. The number of nitrogens with one attached hydrogen (secondary N) is 4. The normalized spacial score (nSPS) is 18.2. The second-order valence-corrected chi connectivity index (χ2v) is 9.74. The van der Waals surface area contributed by atoms with E-state index in [9.17, 15) is 4.79 Å². The van der Waals surface area contributed by atoms with Crippen molar-refractivity contribution in [2.45, 2.75) is 37.6 Å². The summed E-state index contributed by atoms with van der Waals surface area (Å²) in [6.45, 7) is 4.47. The Labute approximate surface area is 209 Å². The summed E-state index contributed by atoms with van der Waals surface area (Å²) in [5.41, 5.74) is 8.86. The quantitative estimate of drug-likeness (QED) is 0.306. The summed E-state index contributed by atoms with van der Waals surface area (Å²) in [7, 11) is 0. The first-order valence-electron chi connectivity index (χ1n) is 11.8. The number of primary amides is 1. The number of amides is 1. The van der Waals surface area contributed by atoms with E-state index in [0.29, 0.717) is 35.6 Å². The molecule has 10 heteroatoms. The van der Waals surface area contributed by atoms with E-state index in [2.05, 4.69) is 48.4 Å². The summed E-state index contributed by atoms with van der Waals surface area (Å²) in [6.07, 6.45) is 3.18. The number of anilines is 4. The van der Waals surface area contributed by atoms with Crippen molar-refractivity contribution in [3.63, 3.8) is 0 Å². The van der Waals surface area contributed by atoms with Crippen LogP contribution >= 0.6 is 11.6 Å². The van der Waals surface area contributed by atoms with Crippen LogP contribution in [0.4, 0.5) is 23.5 Å². The van der Waals surface area contributed by atoms with Crippen molar-refractivity contribution in [1.82, 2.24) is 20.3 Å². The lowest BCUT2D eigenvalue weighted by Gasteiger charge is -2.18. The standard InChI is InChI=1S/C25H29ClN8O/c1-15-2-3-16(21(27)35)12-20(15)31-24-33-22(32-23(34-24)30-19-8-11-28-13-19)29-14-25(9-10-25)17-4-6-18(26)7-5-17/h2-7,12,19,28H,8-11,13-14H2,1H3,(H2,27,35)(H3,29,30,31,32,33,34)/t19-/m1/s1. The van der Waals surface area contributed by atoms with Crippen molar-refractivity contribution < 1.29 is 4.79 Å². The third kappa shape index (κ3) is 5.47. The van der Waals surface area contributed by atoms with Crippen LogP contribution in [0.2, 0.25) is 5.02 Å². The molecule has 1 saturated heterocycles. The van der Waals surface area contributed by atoms with Gasteiger partial charge in [0.05, 0.1) is 0 Å². The number of carbonyl (C=O) groups excluding carboxylic acids is 1. The molecule has 5 rings (SSSR count). The zero-order valence-corrected chi connectivity index (χ0v) is 20.3. The van der Waals surface area contributed by atoms with Crippen molar-refractivity contribution in [1.29, 1.82) is 0 Å². The molecule has 6 N–H and O–H groups in total. The maximum absolute atomic E-state index is 11.7. The van der Waals surface area contributed by atoms with Crippen molar-refractivity contribution in [3.8, 4) is 0 Å². The van der Waals surface area contributed by atoms with Gasteiger partial charge in [-0.05, 0) is 68.1 Å². The van der Waals surface area contributed by atoms with Crippen LogP contribution in [0.5, 0.6) is 0 Å². The monoisotopic (exact) mass is 492 g/mol. The van der Waals surface area contributed by atoms with E-state index >= 15 is 0 Å². The Bertz CT molecular complexity index is 1220. The molecule has 1 atom stereocenters. The Kier molecular flexibility index (Phi) is 6.44. The second kappa shape index (κ2) is 9.67. The summed E-state index contributed by atoms with van der Waals surface area (Å²) in [5.74, 6) is 0.884. The Balaban J connectivity index is 1.39. The van der Waals surface area contributed by atoms with E-state index in [1.165, 1.54) is 5.56 Å². The van der Waals surface area contributed by atoms with Crippen molar-refractivity contribution in [3.05, 3.63) is 64.2 Å². The van der Waals surface area contributed by atoms with Crippen LogP contribution in [0.1, 0.15) is 40.7 Å². The van der Waals surface area contributed by atoms with E-state index in [1.807, 2.05) is 25.1 Å². The number of hydrogen-bond donors (Lipinski definition) is 5. The van der Waals surface area contributed by atoms with E-state index < -0.39 is 5.91 Å². The SMILES string of the molecule is Cc1ccc(C(N)=O)cc1Nc1nc(NCC2(c3ccc(Cl)cc3)CC2)nc(N[C@@H]2CCNC2)n1. The highest BCUT2D eigenvalue weighted by Gasteiger charge is 2.44. The molecule has 0 spiro atoms. The molecule has 1 saturated carbocycles. The minimum atomic E-state index is -0.487. The number of benzene rings is 2. The maximum atomic E-state index is 11.7. The minimum absolute atomic E-state index is 0.0557. The maximum Gasteiger partial charge on any atom is 0.248 e. The number of nitrogens with two attached hydrogens (primary N) is 1. The molecule has 0 radical (unpaired) electrons. The number of halogens is 1. The lowest BCUT2D eigenvalue weighted by Crippen LogP contribution is -2.25. The van der Waals surface area contributed by atoms with Gasteiger partial charge in [0.1, 0.15) is 0 Å². The van der Waals surface area contributed by atoms with Gasteiger partial charge in [0.25, 0.3) is 0 Å². The van der Waals surface area contributed by atoms with Crippen molar-refractivity contribution >= 4 is 41.0 Å². The highest BCUT2D eigenvalue weighted by molar-refractivity contribution is 6.30. The lowest BCUT2D eigenvalue weighted by atomic mass is 9.96. The van der Waals surface area contributed by atoms with Crippen LogP contribution in [0.3, 0.4) is 0 Å². The van der Waals surface area contributed by atoms with Gasteiger partial charge in [-0.2, -0.15) is 15.0 Å². The Hall–Kier alpha value is -3.43. The Morgan fingerprint density at radius 2 is 1.86 bits per heavy atom.